The summed E-state index contributed by atoms with van der Waals surface area (Å²) in [4.78, 5) is 21.7. The van der Waals surface area contributed by atoms with Crippen LogP contribution < -0.4 is 0 Å². The van der Waals surface area contributed by atoms with Crippen LogP contribution in [-0.2, 0) is 14.3 Å². The van der Waals surface area contributed by atoms with Gasteiger partial charge in [-0.05, 0) is 6.92 Å². The Morgan fingerprint density at radius 1 is 1.73 bits per heavy atom. The lowest BCUT2D eigenvalue weighted by molar-refractivity contribution is -0.162. The predicted molar refractivity (Wildman–Crippen MR) is 36.2 cm³/mol. The van der Waals surface area contributed by atoms with Gasteiger partial charge in [0, 0.05) is 6.42 Å². The molecule has 0 radical (unpaired) electrons. The number of carboxylic acids is 1. The van der Waals surface area contributed by atoms with E-state index in [1.54, 1.807) is 0 Å². The lowest BCUT2D eigenvalue weighted by atomic mass is 9.84. The van der Waals surface area contributed by atoms with Gasteiger partial charge in [-0.15, -0.1) is 0 Å². The third-order valence-electron chi connectivity index (χ3n) is 1.95. The summed E-state index contributed by atoms with van der Waals surface area (Å²) in [6.07, 6.45) is 0.211. The Balaban J connectivity index is 2.81. The minimum atomic E-state index is -1.31. The topological polar surface area (TPSA) is 63.6 Å². The number of hydrogen-bond acceptors (Lipinski definition) is 3. The van der Waals surface area contributed by atoms with Gasteiger partial charge in [0.25, 0.3) is 0 Å². The summed E-state index contributed by atoms with van der Waals surface area (Å²) in [6, 6.07) is 0. The first-order valence-corrected chi connectivity index (χ1v) is 3.42. The van der Waals surface area contributed by atoms with E-state index in [2.05, 4.69) is 0 Å². The van der Waals surface area contributed by atoms with Gasteiger partial charge in [-0.25, -0.2) is 0 Å². The second-order valence-corrected chi connectivity index (χ2v) is 2.86. The van der Waals surface area contributed by atoms with Gasteiger partial charge in [0.2, 0.25) is 0 Å². The van der Waals surface area contributed by atoms with Crippen LogP contribution in [0, 0.1) is 5.41 Å². The minimum absolute atomic E-state index is 0.00116. The largest absolute Gasteiger partial charge is 0.480 e. The number of aliphatic carboxylic acids is 1. The summed E-state index contributed by atoms with van der Waals surface area (Å²) >= 11 is 0. The standard InChI is InChI=1S/C7H10O4/c1-7(6(9)10)4-11-3-2-5(7)8/h2-4H2,1H3,(H,9,10). The molecular weight excluding hydrogens is 148 g/mol. The molecular formula is C7H10O4. The molecule has 0 saturated carbocycles. The third-order valence-corrected chi connectivity index (χ3v) is 1.95. The zero-order chi connectivity index (χ0) is 8.48. The van der Waals surface area contributed by atoms with E-state index in [9.17, 15) is 9.59 Å². The van der Waals surface area contributed by atoms with Crippen molar-refractivity contribution in [2.45, 2.75) is 13.3 Å². The lowest BCUT2D eigenvalue weighted by Crippen LogP contribution is -2.44. The van der Waals surface area contributed by atoms with Crippen molar-refractivity contribution >= 4 is 11.8 Å². The highest BCUT2D eigenvalue weighted by molar-refractivity contribution is 6.03. The first-order chi connectivity index (χ1) is 5.07. The van der Waals surface area contributed by atoms with E-state index in [1.165, 1.54) is 6.92 Å². The molecule has 62 valence electrons. The van der Waals surface area contributed by atoms with E-state index >= 15 is 0 Å². The number of ether oxygens (including phenoxy) is 1. The quantitative estimate of drug-likeness (QED) is 0.548. The van der Waals surface area contributed by atoms with Crippen molar-refractivity contribution in [3.05, 3.63) is 0 Å². The molecule has 4 heteroatoms. The molecule has 1 aliphatic heterocycles. The van der Waals surface area contributed by atoms with E-state index in [0.29, 0.717) is 6.61 Å². The van der Waals surface area contributed by atoms with Gasteiger partial charge in [-0.1, -0.05) is 0 Å². The van der Waals surface area contributed by atoms with Crippen LogP contribution in [0.15, 0.2) is 0 Å². The molecule has 1 saturated heterocycles. The number of carboxylic acid groups (broad SMARTS) is 1. The molecule has 0 aliphatic carbocycles. The van der Waals surface area contributed by atoms with Crippen LogP contribution in [0.2, 0.25) is 0 Å². The highest BCUT2D eigenvalue weighted by Crippen LogP contribution is 2.24. The molecule has 1 fully saturated rings. The average molecular weight is 158 g/mol. The first kappa shape index (κ1) is 8.20. The number of hydrogen-bond donors (Lipinski definition) is 1. The predicted octanol–water partition coefficient (Wildman–Crippen LogP) is 0.0667. The Bertz CT molecular complexity index is 199. The summed E-state index contributed by atoms with van der Waals surface area (Å²) in [7, 11) is 0. The van der Waals surface area contributed by atoms with Crippen LogP contribution >= 0.6 is 0 Å². The molecule has 1 unspecified atom stereocenters. The van der Waals surface area contributed by atoms with Gasteiger partial charge in [0.15, 0.2) is 5.78 Å². The number of carbonyl (C=O) groups excluding carboxylic acids is 1. The van der Waals surface area contributed by atoms with Crippen LogP contribution in [0.3, 0.4) is 0 Å². The lowest BCUT2D eigenvalue weighted by Gasteiger charge is -2.27. The summed E-state index contributed by atoms with van der Waals surface area (Å²) in [6.45, 7) is 1.75. The average Bonchev–Trinajstić information content (AvgIpc) is 1.95. The molecule has 1 aliphatic rings. The van der Waals surface area contributed by atoms with Crippen molar-refractivity contribution in [2.75, 3.05) is 13.2 Å². The van der Waals surface area contributed by atoms with E-state index in [0.717, 1.165) is 0 Å². The SMILES string of the molecule is CC1(C(=O)O)COCCC1=O. The zero-order valence-corrected chi connectivity index (χ0v) is 6.29. The zero-order valence-electron chi connectivity index (χ0n) is 6.29. The first-order valence-electron chi connectivity index (χ1n) is 3.42. The number of ketones is 1. The summed E-state index contributed by atoms with van der Waals surface area (Å²) in [5, 5.41) is 8.67. The summed E-state index contributed by atoms with van der Waals surface area (Å²) in [5.41, 5.74) is -1.31. The fourth-order valence-electron chi connectivity index (χ4n) is 0.979. The smallest absolute Gasteiger partial charge is 0.319 e. The Kier molecular flexibility index (Phi) is 1.95. The molecule has 1 rings (SSSR count). The highest BCUT2D eigenvalue weighted by atomic mass is 16.5. The van der Waals surface area contributed by atoms with Gasteiger partial charge in [-0.3, -0.25) is 9.59 Å². The number of Topliss-reactive ketones (excluding diaryl/α,β-unsaturated/α-hetero) is 1. The Hall–Kier alpha value is -0.900. The van der Waals surface area contributed by atoms with Crippen molar-refractivity contribution in [3.63, 3.8) is 0 Å². The van der Waals surface area contributed by atoms with Crippen LogP contribution in [-0.4, -0.2) is 30.1 Å². The second-order valence-electron chi connectivity index (χ2n) is 2.86. The van der Waals surface area contributed by atoms with Gasteiger partial charge in [0.1, 0.15) is 5.41 Å². The van der Waals surface area contributed by atoms with E-state index in [-0.39, 0.29) is 18.8 Å². The molecule has 1 heterocycles. The van der Waals surface area contributed by atoms with Crippen LogP contribution in [0.5, 0.6) is 0 Å². The van der Waals surface area contributed by atoms with Gasteiger partial charge in [0.05, 0.1) is 13.2 Å². The van der Waals surface area contributed by atoms with Crippen LogP contribution in [0.1, 0.15) is 13.3 Å². The van der Waals surface area contributed by atoms with Gasteiger partial charge in [-0.2, -0.15) is 0 Å². The summed E-state index contributed by atoms with van der Waals surface area (Å²) < 4.78 is 4.92. The fraction of sp³-hybridized carbons (Fsp3) is 0.714. The van der Waals surface area contributed by atoms with Crippen LogP contribution in [0.25, 0.3) is 0 Å². The van der Waals surface area contributed by atoms with Crippen LogP contribution in [0.4, 0.5) is 0 Å². The van der Waals surface area contributed by atoms with Gasteiger partial charge >= 0.3 is 5.97 Å². The Morgan fingerprint density at radius 2 is 2.36 bits per heavy atom. The normalized spacial score (nSPS) is 31.9. The Labute approximate surface area is 64.2 Å². The minimum Gasteiger partial charge on any atom is -0.480 e. The summed E-state index contributed by atoms with van der Waals surface area (Å²) in [5.74, 6) is -1.33. The monoisotopic (exact) mass is 158 g/mol. The van der Waals surface area contributed by atoms with Crippen molar-refractivity contribution in [1.29, 1.82) is 0 Å². The molecule has 0 aromatic heterocycles. The fourth-order valence-corrected chi connectivity index (χ4v) is 0.979. The second kappa shape index (κ2) is 2.62. The Morgan fingerprint density at radius 3 is 2.73 bits per heavy atom. The molecule has 0 spiro atoms. The van der Waals surface area contributed by atoms with Gasteiger partial charge < -0.3 is 9.84 Å². The molecule has 0 aromatic carbocycles. The number of rotatable bonds is 1. The maximum atomic E-state index is 11.1. The molecule has 0 bridgehead atoms. The molecule has 0 aromatic rings. The molecule has 4 nitrogen and oxygen atoms in total. The van der Waals surface area contributed by atoms with Crippen molar-refractivity contribution in [2.24, 2.45) is 5.41 Å². The molecule has 11 heavy (non-hydrogen) atoms. The molecule has 1 N–H and O–H groups in total. The van der Waals surface area contributed by atoms with Crippen molar-refractivity contribution < 1.29 is 19.4 Å². The van der Waals surface area contributed by atoms with Crippen molar-refractivity contribution in [1.82, 2.24) is 0 Å². The molecule has 0 amide bonds. The third kappa shape index (κ3) is 1.26. The van der Waals surface area contributed by atoms with E-state index in [1.807, 2.05) is 0 Å². The van der Waals surface area contributed by atoms with E-state index in [4.69, 9.17) is 9.84 Å². The molecule has 1 atom stereocenters. The van der Waals surface area contributed by atoms with Crippen molar-refractivity contribution in [3.8, 4) is 0 Å². The highest BCUT2D eigenvalue weighted by Gasteiger charge is 2.43. The van der Waals surface area contributed by atoms with E-state index < -0.39 is 11.4 Å². The maximum absolute atomic E-state index is 11.1. The maximum Gasteiger partial charge on any atom is 0.319 e. The number of carbonyl (C=O) groups is 2.